The highest BCUT2D eigenvalue weighted by atomic mass is 35.5. The number of benzene rings is 2. The SMILES string of the molecule is CN(C)[C@@H]1CCc2ccccc2[C@H](Oc2ccccc2[N+](=O)[O-])C1.Cl. The van der Waals surface area contributed by atoms with E-state index in [0.29, 0.717) is 11.8 Å². The average Bonchev–Trinajstić information content (AvgIpc) is 2.75. The van der Waals surface area contributed by atoms with Gasteiger partial charge in [-0.1, -0.05) is 36.4 Å². The van der Waals surface area contributed by atoms with Crippen LogP contribution in [0.25, 0.3) is 0 Å². The minimum atomic E-state index is -0.388. The molecular weight excluding hydrogens is 340 g/mol. The summed E-state index contributed by atoms with van der Waals surface area (Å²) in [5.41, 5.74) is 2.42. The number of hydrogen-bond donors (Lipinski definition) is 0. The first-order valence-corrected chi connectivity index (χ1v) is 8.20. The molecule has 0 amide bonds. The standard InChI is InChI=1S/C19H22N2O3.ClH/c1-20(2)15-12-11-14-7-3-4-8-16(14)19(13-15)24-18-10-6-5-9-17(18)21(22)23;/h3-10,15,19H,11-13H2,1-2H3;1H/t15-,19-;/m1./s1. The molecule has 0 fully saturated rings. The van der Waals surface area contributed by atoms with Crippen molar-refractivity contribution in [2.75, 3.05) is 14.1 Å². The lowest BCUT2D eigenvalue weighted by molar-refractivity contribution is -0.386. The number of rotatable bonds is 4. The van der Waals surface area contributed by atoms with E-state index in [0.717, 1.165) is 24.8 Å². The number of nitro groups is 1. The molecule has 0 bridgehead atoms. The van der Waals surface area contributed by atoms with Crippen molar-refractivity contribution in [2.45, 2.75) is 31.4 Å². The summed E-state index contributed by atoms with van der Waals surface area (Å²) in [6, 6.07) is 15.2. The molecule has 6 heteroatoms. The van der Waals surface area contributed by atoms with Crippen LogP contribution in [-0.2, 0) is 6.42 Å². The molecule has 0 radical (unpaired) electrons. The molecule has 0 heterocycles. The zero-order valence-corrected chi connectivity index (χ0v) is 15.2. The van der Waals surface area contributed by atoms with E-state index in [2.05, 4.69) is 31.1 Å². The Morgan fingerprint density at radius 3 is 2.52 bits per heavy atom. The third-order valence-electron chi connectivity index (χ3n) is 4.70. The van der Waals surface area contributed by atoms with Crippen molar-refractivity contribution < 1.29 is 9.66 Å². The van der Waals surface area contributed by atoms with E-state index in [9.17, 15) is 10.1 Å². The third-order valence-corrected chi connectivity index (χ3v) is 4.70. The monoisotopic (exact) mass is 362 g/mol. The summed E-state index contributed by atoms with van der Waals surface area (Å²) >= 11 is 0. The quantitative estimate of drug-likeness (QED) is 0.459. The van der Waals surface area contributed by atoms with Gasteiger partial charge in [-0.25, -0.2) is 0 Å². The van der Waals surface area contributed by atoms with Gasteiger partial charge in [-0.15, -0.1) is 12.4 Å². The van der Waals surface area contributed by atoms with Gasteiger partial charge < -0.3 is 9.64 Å². The van der Waals surface area contributed by atoms with Gasteiger partial charge in [0.15, 0.2) is 5.75 Å². The number of nitro benzene ring substituents is 1. The van der Waals surface area contributed by atoms with Crippen LogP contribution in [0, 0.1) is 10.1 Å². The molecule has 0 spiro atoms. The lowest BCUT2D eigenvalue weighted by Crippen LogP contribution is -2.30. The maximum Gasteiger partial charge on any atom is 0.310 e. The molecule has 0 saturated heterocycles. The van der Waals surface area contributed by atoms with Crippen LogP contribution in [0.3, 0.4) is 0 Å². The van der Waals surface area contributed by atoms with Crippen molar-refractivity contribution in [3.05, 3.63) is 69.8 Å². The van der Waals surface area contributed by atoms with Gasteiger partial charge in [-0.2, -0.15) is 0 Å². The molecular formula is C19H23ClN2O3. The second-order valence-electron chi connectivity index (χ2n) is 6.42. The van der Waals surface area contributed by atoms with E-state index in [1.807, 2.05) is 12.1 Å². The molecule has 3 rings (SSSR count). The van der Waals surface area contributed by atoms with Gasteiger partial charge in [-0.05, 0) is 44.1 Å². The van der Waals surface area contributed by atoms with Crippen LogP contribution in [0.2, 0.25) is 0 Å². The van der Waals surface area contributed by atoms with Crippen molar-refractivity contribution in [3.8, 4) is 5.75 Å². The van der Waals surface area contributed by atoms with Crippen LogP contribution >= 0.6 is 12.4 Å². The van der Waals surface area contributed by atoms with Gasteiger partial charge in [-0.3, -0.25) is 10.1 Å². The summed E-state index contributed by atoms with van der Waals surface area (Å²) in [6.45, 7) is 0. The van der Waals surface area contributed by atoms with Gasteiger partial charge in [0.25, 0.3) is 0 Å². The van der Waals surface area contributed by atoms with Crippen LogP contribution in [0.1, 0.15) is 30.1 Å². The zero-order valence-electron chi connectivity index (χ0n) is 14.4. The number of para-hydroxylation sites is 2. The Balaban J connectivity index is 0.00000225. The predicted molar refractivity (Wildman–Crippen MR) is 101 cm³/mol. The molecule has 0 unspecified atom stereocenters. The van der Waals surface area contributed by atoms with Gasteiger partial charge in [0, 0.05) is 18.5 Å². The average molecular weight is 363 g/mol. The molecule has 0 aliphatic heterocycles. The zero-order chi connectivity index (χ0) is 17.1. The van der Waals surface area contributed by atoms with Crippen LogP contribution < -0.4 is 4.74 Å². The second kappa shape index (κ2) is 8.32. The van der Waals surface area contributed by atoms with Crippen LogP contribution in [-0.4, -0.2) is 30.0 Å². The van der Waals surface area contributed by atoms with E-state index in [-0.39, 0.29) is 29.1 Å². The minimum absolute atomic E-state index is 0. The molecule has 134 valence electrons. The number of halogens is 1. The Morgan fingerprint density at radius 1 is 1.12 bits per heavy atom. The minimum Gasteiger partial charge on any atom is -0.479 e. The van der Waals surface area contributed by atoms with Gasteiger partial charge in [0.1, 0.15) is 6.10 Å². The van der Waals surface area contributed by atoms with Gasteiger partial charge in [0.05, 0.1) is 4.92 Å². The molecule has 2 aromatic rings. The molecule has 2 aromatic carbocycles. The third kappa shape index (κ3) is 4.30. The van der Waals surface area contributed by atoms with E-state index in [1.165, 1.54) is 11.6 Å². The van der Waals surface area contributed by atoms with Crippen molar-refractivity contribution in [1.82, 2.24) is 4.90 Å². The summed E-state index contributed by atoms with van der Waals surface area (Å²) < 4.78 is 6.17. The van der Waals surface area contributed by atoms with E-state index in [1.54, 1.807) is 18.2 Å². The first-order valence-electron chi connectivity index (χ1n) is 8.20. The van der Waals surface area contributed by atoms with Crippen LogP contribution in [0.4, 0.5) is 5.69 Å². The highest BCUT2D eigenvalue weighted by Crippen LogP contribution is 2.37. The van der Waals surface area contributed by atoms with E-state index in [4.69, 9.17) is 4.74 Å². The van der Waals surface area contributed by atoms with E-state index < -0.39 is 0 Å². The summed E-state index contributed by atoms with van der Waals surface area (Å²) in [4.78, 5) is 13.1. The van der Waals surface area contributed by atoms with E-state index >= 15 is 0 Å². The fraction of sp³-hybridized carbons (Fsp3) is 0.368. The number of nitrogens with zero attached hydrogens (tertiary/aromatic N) is 2. The summed E-state index contributed by atoms with van der Waals surface area (Å²) in [7, 11) is 4.14. The Labute approximate surface area is 154 Å². The molecule has 5 nitrogen and oxygen atoms in total. The molecule has 0 saturated carbocycles. The predicted octanol–water partition coefficient (Wildman–Crippen LogP) is 4.40. The maximum absolute atomic E-state index is 11.3. The number of fused-ring (bicyclic) bond motifs is 1. The smallest absolute Gasteiger partial charge is 0.310 e. The molecule has 1 aliphatic carbocycles. The van der Waals surface area contributed by atoms with Crippen LogP contribution in [0.5, 0.6) is 5.75 Å². The van der Waals surface area contributed by atoms with Crippen molar-refractivity contribution in [2.24, 2.45) is 0 Å². The van der Waals surface area contributed by atoms with Crippen molar-refractivity contribution in [3.63, 3.8) is 0 Å². The highest BCUT2D eigenvalue weighted by molar-refractivity contribution is 5.85. The Kier molecular flexibility index (Phi) is 6.39. The normalized spacial score (nSPS) is 19.5. The number of hydrogen-bond acceptors (Lipinski definition) is 4. The molecule has 2 atom stereocenters. The maximum atomic E-state index is 11.3. The summed E-state index contributed by atoms with van der Waals surface area (Å²) in [5.74, 6) is 0.335. The molecule has 25 heavy (non-hydrogen) atoms. The lowest BCUT2D eigenvalue weighted by atomic mass is 10.0. The number of ether oxygens (including phenoxy) is 1. The lowest BCUT2D eigenvalue weighted by Gasteiger charge is -2.26. The molecule has 0 N–H and O–H groups in total. The Hall–Kier alpha value is -2.11. The molecule has 1 aliphatic rings. The Bertz CT molecular complexity index is 736. The fourth-order valence-corrected chi connectivity index (χ4v) is 3.33. The van der Waals surface area contributed by atoms with Gasteiger partial charge >= 0.3 is 5.69 Å². The van der Waals surface area contributed by atoms with Crippen molar-refractivity contribution in [1.29, 1.82) is 0 Å². The number of aryl methyl sites for hydroxylation is 1. The first kappa shape index (κ1) is 19.2. The molecule has 0 aromatic heterocycles. The van der Waals surface area contributed by atoms with Crippen molar-refractivity contribution >= 4 is 18.1 Å². The fourth-order valence-electron chi connectivity index (χ4n) is 3.33. The first-order chi connectivity index (χ1) is 11.6. The van der Waals surface area contributed by atoms with Crippen LogP contribution in [0.15, 0.2) is 48.5 Å². The van der Waals surface area contributed by atoms with Gasteiger partial charge in [0.2, 0.25) is 0 Å². The largest absolute Gasteiger partial charge is 0.479 e. The second-order valence-corrected chi connectivity index (χ2v) is 6.42. The topological polar surface area (TPSA) is 55.6 Å². The highest BCUT2D eigenvalue weighted by Gasteiger charge is 2.28. The summed E-state index contributed by atoms with van der Waals surface area (Å²) in [6.07, 6.45) is 2.68. The summed E-state index contributed by atoms with van der Waals surface area (Å²) in [5, 5.41) is 11.3. The Morgan fingerprint density at radius 2 is 1.80 bits per heavy atom.